The predicted octanol–water partition coefficient (Wildman–Crippen LogP) is 7.75. The van der Waals surface area contributed by atoms with Crippen LogP contribution in [0.5, 0.6) is 0 Å². The first-order valence-corrected chi connectivity index (χ1v) is 15.5. The molecular weight excluding hydrogens is 492 g/mol. The van der Waals surface area contributed by atoms with Gasteiger partial charge in [0.25, 0.3) is 0 Å². The van der Waals surface area contributed by atoms with Gasteiger partial charge in [-0.2, -0.15) is 0 Å². The van der Waals surface area contributed by atoms with Crippen molar-refractivity contribution >= 4 is 46.6 Å². The van der Waals surface area contributed by atoms with Gasteiger partial charge in [-0.15, -0.1) is 0 Å². The molecule has 1 aromatic carbocycles. The maximum Gasteiger partial charge on any atom is 0.143 e. The molecule has 0 bridgehead atoms. The summed E-state index contributed by atoms with van der Waals surface area (Å²) in [5.41, 5.74) is 3.86. The minimum atomic E-state index is -1.14. The van der Waals surface area contributed by atoms with E-state index in [9.17, 15) is 0 Å². The fourth-order valence-corrected chi connectivity index (χ4v) is 4.53. The van der Waals surface area contributed by atoms with E-state index in [1.165, 1.54) is 0 Å². The molecule has 0 unspecified atom stereocenters. The molecule has 31 heavy (non-hydrogen) atoms. The van der Waals surface area contributed by atoms with Crippen LogP contribution in [0, 0.1) is 0 Å². The van der Waals surface area contributed by atoms with E-state index < -0.39 is 8.07 Å². The summed E-state index contributed by atoms with van der Waals surface area (Å²) >= 11 is 10.3. The van der Waals surface area contributed by atoms with Crippen LogP contribution in [-0.2, 0) is 22.8 Å². The standard InChI is InChI=1S/C24H32BrClN2O2Si/c1-24(2,3)30-15-17-9-7-8-10-18(17)19-14-28(16-29-11-12-31(4,5)6)23-21(19)22(26)20(25)13-27-23/h7-10,13-14H,11-12,15-16H2,1-6H3. The summed E-state index contributed by atoms with van der Waals surface area (Å²) in [7, 11) is -1.14. The van der Waals surface area contributed by atoms with Crippen molar-refractivity contribution in [2.24, 2.45) is 0 Å². The zero-order valence-electron chi connectivity index (χ0n) is 19.3. The number of aromatic nitrogens is 2. The van der Waals surface area contributed by atoms with E-state index in [4.69, 9.17) is 21.1 Å². The molecule has 0 N–H and O–H groups in total. The van der Waals surface area contributed by atoms with Crippen LogP contribution < -0.4 is 0 Å². The number of fused-ring (bicyclic) bond motifs is 1. The summed E-state index contributed by atoms with van der Waals surface area (Å²) in [5.74, 6) is 0. The molecule has 3 aromatic rings. The summed E-state index contributed by atoms with van der Waals surface area (Å²) < 4.78 is 14.9. The molecular formula is C24H32BrClN2O2Si. The number of halogens is 2. The number of nitrogens with zero attached hydrogens (tertiary/aromatic N) is 2. The first kappa shape index (κ1) is 24.5. The number of rotatable bonds is 8. The molecule has 0 aliphatic carbocycles. The van der Waals surface area contributed by atoms with E-state index in [1.54, 1.807) is 6.20 Å². The Balaban J connectivity index is 2.00. The molecule has 0 amide bonds. The third-order valence-electron chi connectivity index (χ3n) is 4.97. The van der Waals surface area contributed by atoms with Gasteiger partial charge in [0.15, 0.2) is 0 Å². The fourth-order valence-electron chi connectivity index (χ4n) is 3.24. The van der Waals surface area contributed by atoms with Gasteiger partial charge in [0.2, 0.25) is 0 Å². The Kier molecular flexibility index (Phi) is 7.69. The number of ether oxygens (including phenoxy) is 2. The highest BCUT2D eigenvalue weighted by Crippen LogP contribution is 2.39. The lowest BCUT2D eigenvalue weighted by Gasteiger charge is -2.20. The first-order chi connectivity index (χ1) is 14.5. The molecule has 168 valence electrons. The molecule has 2 heterocycles. The quantitative estimate of drug-likeness (QED) is 0.224. The third-order valence-corrected chi connectivity index (χ3v) is 7.90. The van der Waals surface area contributed by atoms with E-state index in [0.29, 0.717) is 18.4 Å². The van der Waals surface area contributed by atoms with Gasteiger partial charge >= 0.3 is 0 Å². The Labute approximate surface area is 200 Å². The van der Waals surface area contributed by atoms with Gasteiger partial charge in [-0.05, 0) is 53.9 Å². The lowest BCUT2D eigenvalue weighted by Crippen LogP contribution is -2.22. The van der Waals surface area contributed by atoms with Gasteiger partial charge in [-0.3, -0.25) is 0 Å². The van der Waals surface area contributed by atoms with Crippen LogP contribution in [-0.4, -0.2) is 29.8 Å². The fraction of sp³-hybridized carbons (Fsp3) is 0.458. The van der Waals surface area contributed by atoms with Crippen LogP contribution in [0.3, 0.4) is 0 Å². The van der Waals surface area contributed by atoms with Crippen molar-refractivity contribution in [1.29, 1.82) is 0 Å². The number of benzene rings is 1. The van der Waals surface area contributed by atoms with E-state index in [-0.39, 0.29) is 5.60 Å². The maximum absolute atomic E-state index is 6.75. The van der Waals surface area contributed by atoms with Crippen molar-refractivity contribution < 1.29 is 9.47 Å². The highest BCUT2D eigenvalue weighted by molar-refractivity contribution is 9.10. The lowest BCUT2D eigenvalue weighted by molar-refractivity contribution is -0.0147. The number of pyridine rings is 1. The predicted molar refractivity (Wildman–Crippen MR) is 137 cm³/mol. The zero-order chi connectivity index (χ0) is 22.8. The summed E-state index contributed by atoms with van der Waals surface area (Å²) in [5, 5.41) is 1.58. The molecule has 3 rings (SSSR count). The van der Waals surface area contributed by atoms with Crippen molar-refractivity contribution in [3.63, 3.8) is 0 Å². The number of hydrogen-bond acceptors (Lipinski definition) is 3. The van der Waals surface area contributed by atoms with Crippen molar-refractivity contribution in [3.05, 3.63) is 51.7 Å². The first-order valence-electron chi connectivity index (χ1n) is 10.6. The molecule has 7 heteroatoms. The monoisotopic (exact) mass is 522 g/mol. The Bertz CT molecular complexity index is 1050. The zero-order valence-corrected chi connectivity index (χ0v) is 22.6. The SMILES string of the molecule is CC(C)(C)OCc1ccccc1-c1cn(COCC[Si](C)(C)C)c2ncc(Br)c(Cl)c12. The average Bonchev–Trinajstić information content (AvgIpc) is 3.04. The molecule has 2 aromatic heterocycles. The molecule has 0 saturated carbocycles. The van der Waals surface area contributed by atoms with Crippen LogP contribution in [0.2, 0.25) is 30.7 Å². The number of hydrogen-bond donors (Lipinski definition) is 0. The Morgan fingerprint density at radius 1 is 1.13 bits per heavy atom. The average molecular weight is 524 g/mol. The van der Waals surface area contributed by atoms with Crippen molar-refractivity contribution in [1.82, 2.24) is 9.55 Å². The molecule has 0 saturated heterocycles. The van der Waals surface area contributed by atoms with Gasteiger partial charge in [-0.1, -0.05) is 55.5 Å². The van der Waals surface area contributed by atoms with E-state index in [0.717, 1.165) is 44.8 Å². The van der Waals surface area contributed by atoms with E-state index >= 15 is 0 Å². The summed E-state index contributed by atoms with van der Waals surface area (Å²) in [6.45, 7) is 15.0. The van der Waals surface area contributed by atoms with Crippen molar-refractivity contribution in [2.45, 2.75) is 65.4 Å². The second-order valence-corrected chi connectivity index (χ2v) is 16.9. The largest absolute Gasteiger partial charge is 0.371 e. The Morgan fingerprint density at radius 3 is 2.52 bits per heavy atom. The van der Waals surface area contributed by atoms with Gasteiger partial charge < -0.3 is 14.0 Å². The lowest BCUT2D eigenvalue weighted by atomic mass is 10.00. The maximum atomic E-state index is 6.75. The van der Waals surface area contributed by atoms with Crippen LogP contribution in [0.25, 0.3) is 22.2 Å². The minimum Gasteiger partial charge on any atom is -0.371 e. The Hall–Kier alpha value is -1.18. The van der Waals surface area contributed by atoms with Crippen LogP contribution >= 0.6 is 27.5 Å². The Morgan fingerprint density at radius 2 is 1.84 bits per heavy atom. The van der Waals surface area contributed by atoms with Crippen LogP contribution in [0.1, 0.15) is 26.3 Å². The second kappa shape index (κ2) is 9.75. The molecule has 0 atom stereocenters. The van der Waals surface area contributed by atoms with E-state index in [1.807, 2.05) is 12.1 Å². The van der Waals surface area contributed by atoms with Gasteiger partial charge in [0.1, 0.15) is 12.4 Å². The molecule has 0 fully saturated rings. The minimum absolute atomic E-state index is 0.215. The molecule has 0 aliphatic heterocycles. The van der Waals surface area contributed by atoms with Gasteiger partial charge in [-0.25, -0.2) is 4.98 Å². The summed E-state index contributed by atoms with van der Waals surface area (Å²) in [4.78, 5) is 4.66. The smallest absolute Gasteiger partial charge is 0.143 e. The highest BCUT2D eigenvalue weighted by Gasteiger charge is 2.20. The topological polar surface area (TPSA) is 36.3 Å². The molecule has 0 radical (unpaired) electrons. The highest BCUT2D eigenvalue weighted by atomic mass is 79.9. The third kappa shape index (κ3) is 6.42. The van der Waals surface area contributed by atoms with Gasteiger partial charge in [0.05, 0.1) is 21.7 Å². The molecule has 0 aliphatic rings. The van der Waals surface area contributed by atoms with Crippen molar-refractivity contribution in [2.75, 3.05) is 6.61 Å². The normalized spacial score (nSPS) is 12.6. The van der Waals surface area contributed by atoms with Crippen LogP contribution in [0.15, 0.2) is 41.1 Å². The summed E-state index contributed by atoms with van der Waals surface area (Å²) in [6.07, 6.45) is 3.85. The van der Waals surface area contributed by atoms with Gasteiger partial charge in [0, 0.05) is 38.0 Å². The second-order valence-electron chi connectivity index (χ2n) is 10.0. The molecule has 0 spiro atoms. The summed E-state index contributed by atoms with van der Waals surface area (Å²) in [6, 6.07) is 9.44. The van der Waals surface area contributed by atoms with Crippen LogP contribution in [0.4, 0.5) is 0 Å². The van der Waals surface area contributed by atoms with Crippen molar-refractivity contribution in [3.8, 4) is 11.1 Å². The molecule has 4 nitrogen and oxygen atoms in total. The van der Waals surface area contributed by atoms with E-state index in [2.05, 4.69) is 84.2 Å².